The van der Waals surface area contributed by atoms with E-state index in [1.165, 1.54) is 81.5 Å². The van der Waals surface area contributed by atoms with Gasteiger partial charge in [0.25, 0.3) is 0 Å². The quantitative estimate of drug-likeness (QED) is 0.222. The fourth-order valence-corrected chi connectivity index (χ4v) is 5.50. The van der Waals surface area contributed by atoms with Crippen molar-refractivity contribution in [3.8, 4) is 0 Å². The lowest BCUT2D eigenvalue weighted by Gasteiger charge is -2.36. The number of carbonyl (C=O) groups is 2. The number of carbonyl (C=O) groups excluding carboxylic acids is 2. The molecule has 0 aromatic heterocycles. The van der Waals surface area contributed by atoms with E-state index in [4.69, 9.17) is 11.5 Å². The first-order chi connectivity index (χ1) is 14.5. The van der Waals surface area contributed by atoms with E-state index in [0.717, 1.165) is 25.7 Å². The number of aliphatic hydroxyl groups is 1. The maximum absolute atomic E-state index is 11.3. The molecule has 0 spiro atoms. The van der Waals surface area contributed by atoms with Crippen LogP contribution in [0.4, 0.5) is 0 Å². The molecule has 0 bridgehead atoms. The SMILES string of the molecule is CCCCCCCCCCCCCC=C1CC[C@@H](CC(N)=O)[C@H](O)[C@H]1SCC(N)=O. The van der Waals surface area contributed by atoms with Crippen molar-refractivity contribution in [1.82, 2.24) is 0 Å². The molecule has 1 saturated carbocycles. The standard InChI is InChI=1S/C24H44N2O3S/c1-2-3-4-5-6-7-8-9-10-11-12-13-14-19-15-16-20(17-21(25)27)23(29)24(19)30-18-22(26)28/h14,20,23-24,29H,2-13,15-18H2,1H3,(H2,25,27)(H2,26,28)/t20-,23-,24-/m0/s1. The van der Waals surface area contributed by atoms with Gasteiger partial charge in [0.05, 0.1) is 17.1 Å². The van der Waals surface area contributed by atoms with E-state index >= 15 is 0 Å². The number of nitrogens with two attached hydrogens (primary N) is 2. The van der Waals surface area contributed by atoms with E-state index in [2.05, 4.69) is 13.0 Å². The summed E-state index contributed by atoms with van der Waals surface area (Å²) in [5.74, 6) is -0.715. The Morgan fingerprint density at radius 2 is 1.53 bits per heavy atom. The van der Waals surface area contributed by atoms with Crippen LogP contribution in [0.2, 0.25) is 0 Å². The zero-order valence-electron chi connectivity index (χ0n) is 18.9. The molecule has 0 aromatic carbocycles. The Balaban J connectivity index is 2.30. The summed E-state index contributed by atoms with van der Waals surface area (Å²) in [5, 5.41) is 10.6. The number of primary amides is 2. The lowest BCUT2D eigenvalue weighted by Crippen LogP contribution is -2.40. The summed E-state index contributed by atoms with van der Waals surface area (Å²) in [4.78, 5) is 22.5. The molecule has 2 amide bonds. The van der Waals surface area contributed by atoms with Gasteiger partial charge < -0.3 is 16.6 Å². The molecule has 1 rings (SSSR count). The van der Waals surface area contributed by atoms with Crippen molar-refractivity contribution in [3.05, 3.63) is 11.6 Å². The minimum atomic E-state index is -0.654. The summed E-state index contributed by atoms with van der Waals surface area (Å²) in [6, 6.07) is 0. The molecular weight excluding hydrogens is 396 g/mol. The number of hydrogen-bond acceptors (Lipinski definition) is 4. The highest BCUT2D eigenvalue weighted by atomic mass is 32.2. The Kier molecular flexibility index (Phi) is 15.0. The third kappa shape index (κ3) is 12.0. The molecule has 6 heteroatoms. The Bertz CT molecular complexity index is 525. The Labute approximate surface area is 187 Å². The monoisotopic (exact) mass is 440 g/mol. The number of thioether (sulfide) groups is 1. The van der Waals surface area contributed by atoms with Crippen molar-refractivity contribution in [2.75, 3.05) is 5.75 Å². The van der Waals surface area contributed by atoms with Crippen LogP contribution < -0.4 is 11.5 Å². The van der Waals surface area contributed by atoms with Gasteiger partial charge in [-0.3, -0.25) is 9.59 Å². The van der Waals surface area contributed by atoms with Gasteiger partial charge in [0.1, 0.15) is 0 Å². The number of hydrogen-bond donors (Lipinski definition) is 3. The van der Waals surface area contributed by atoms with Crippen molar-refractivity contribution >= 4 is 23.6 Å². The second-order valence-electron chi connectivity index (χ2n) is 8.76. The summed E-state index contributed by atoms with van der Waals surface area (Å²) in [6.07, 6.45) is 19.0. The number of unbranched alkanes of at least 4 members (excludes halogenated alkanes) is 11. The average molecular weight is 441 g/mol. The molecule has 0 aliphatic heterocycles. The maximum Gasteiger partial charge on any atom is 0.227 e. The van der Waals surface area contributed by atoms with Crippen molar-refractivity contribution in [1.29, 1.82) is 0 Å². The second-order valence-corrected chi connectivity index (χ2v) is 9.89. The first-order valence-electron chi connectivity index (χ1n) is 12.0. The number of amides is 2. The van der Waals surface area contributed by atoms with Gasteiger partial charge in [-0.25, -0.2) is 0 Å². The first-order valence-corrected chi connectivity index (χ1v) is 13.1. The van der Waals surface area contributed by atoms with Crippen LogP contribution in [-0.4, -0.2) is 34.0 Å². The second kappa shape index (κ2) is 16.7. The molecule has 174 valence electrons. The van der Waals surface area contributed by atoms with Crippen LogP contribution in [0.25, 0.3) is 0 Å². The molecule has 1 fully saturated rings. The summed E-state index contributed by atoms with van der Waals surface area (Å²) < 4.78 is 0. The van der Waals surface area contributed by atoms with Crippen LogP contribution >= 0.6 is 11.8 Å². The third-order valence-electron chi connectivity index (χ3n) is 6.05. The fourth-order valence-electron chi connectivity index (χ4n) is 4.30. The van der Waals surface area contributed by atoms with Gasteiger partial charge in [-0.15, -0.1) is 11.8 Å². The number of aliphatic hydroxyl groups excluding tert-OH is 1. The first kappa shape index (κ1) is 27.0. The molecule has 1 aliphatic carbocycles. The van der Waals surface area contributed by atoms with Crippen molar-refractivity contribution in [2.45, 2.75) is 115 Å². The largest absolute Gasteiger partial charge is 0.391 e. The minimum Gasteiger partial charge on any atom is -0.391 e. The maximum atomic E-state index is 11.3. The van der Waals surface area contributed by atoms with E-state index in [1.54, 1.807) is 0 Å². The van der Waals surface area contributed by atoms with Gasteiger partial charge in [-0.05, 0) is 31.6 Å². The van der Waals surface area contributed by atoms with E-state index in [-0.39, 0.29) is 35.2 Å². The molecule has 0 radical (unpaired) electrons. The van der Waals surface area contributed by atoms with Crippen molar-refractivity contribution < 1.29 is 14.7 Å². The molecule has 30 heavy (non-hydrogen) atoms. The molecule has 0 heterocycles. The molecule has 0 saturated heterocycles. The molecular formula is C24H44N2O3S. The summed E-state index contributed by atoms with van der Waals surface area (Å²) in [5.41, 5.74) is 11.8. The van der Waals surface area contributed by atoms with Gasteiger partial charge in [0, 0.05) is 6.42 Å². The minimum absolute atomic E-state index is 0.132. The normalized spacial score (nSPS) is 23.0. The van der Waals surface area contributed by atoms with E-state index in [0.29, 0.717) is 0 Å². The van der Waals surface area contributed by atoms with Gasteiger partial charge in [-0.1, -0.05) is 82.8 Å². The van der Waals surface area contributed by atoms with Crippen LogP contribution in [0, 0.1) is 5.92 Å². The lowest BCUT2D eigenvalue weighted by atomic mass is 9.80. The molecule has 0 unspecified atom stereocenters. The molecule has 5 N–H and O–H groups in total. The molecule has 1 aliphatic rings. The highest BCUT2D eigenvalue weighted by Crippen LogP contribution is 2.38. The number of rotatable bonds is 17. The molecule has 0 aromatic rings. The van der Waals surface area contributed by atoms with Gasteiger partial charge in [0.15, 0.2) is 0 Å². The fraction of sp³-hybridized carbons (Fsp3) is 0.833. The third-order valence-corrected chi connectivity index (χ3v) is 7.44. The van der Waals surface area contributed by atoms with Crippen LogP contribution in [-0.2, 0) is 9.59 Å². The van der Waals surface area contributed by atoms with Crippen LogP contribution in [0.15, 0.2) is 11.6 Å². The Morgan fingerprint density at radius 3 is 2.07 bits per heavy atom. The summed E-state index contributed by atoms with van der Waals surface area (Å²) in [6.45, 7) is 2.26. The van der Waals surface area contributed by atoms with Gasteiger partial charge in [-0.2, -0.15) is 0 Å². The smallest absolute Gasteiger partial charge is 0.227 e. The van der Waals surface area contributed by atoms with Gasteiger partial charge in [0.2, 0.25) is 11.8 Å². The highest BCUT2D eigenvalue weighted by molar-refractivity contribution is 8.00. The van der Waals surface area contributed by atoms with Crippen molar-refractivity contribution in [3.63, 3.8) is 0 Å². The number of allylic oxidation sites excluding steroid dienone is 1. The highest BCUT2D eigenvalue weighted by Gasteiger charge is 2.35. The van der Waals surface area contributed by atoms with E-state index in [9.17, 15) is 14.7 Å². The van der Waals surface area contributed by atoms with Crippen LogP contribution in [0.1, 0.15) is 103 Å². The van der Waals surface area contributed by atoms with Crippen molar-refractivity contribution in [2.24, 2.45) is 17.4 Å². The topological polar surface area (TPSA) is 106 Å². The Morgan fingerprint density at radius 1 is 0.967 bits per heavy atom. The zero-order chi connectivity index (χ0) is 22.2. The molecule has 5 nitrogen and oxygen atoms in total. The summed E-state index contributed by atoms with van der Waals surface area (Å²) in [7, 11) is 0. The van der Waals surface area contributed by atoms with Crippen LogP contribution in [0.3, 0.4) is 0 Å². The lowest BCUT2D eigenvalue weighted by molar-refractivity contribution is -0.120. The predicted octanol–water partition coefficient (Wildman–Crippen LogP) is 4.85. The Hall–Kier alpha value is -1.01. The van der Waals surface area contributed by atoms with E-state index < -0.39 is 6.10 Å². The summed E-state index contributed by atoms with van der Waals surface area (Å²) >= 11 is 1.39. The van der Waals surface area contributed by atoms with E-state index in [1.807, 2.05) is 0 Å². The van der Waals surface area contributed by atoms with Gasteiger partial charge >= 0.3 is 0 Å². The molecule has 3 atom stereocenters. The average Bonchev–Trinajstić information content (AvgIpc) is 2.69. The zero-order valence-corrected chi connectivity index (χ0v) is 19.8. The van der Waals surface area contributed by atoms with Crippen LogP contribution in [0.5, 0.6) is 0 Å². The predicted molar refractivity (Wildman–Crippen MR) is 127 cm³/mol.